The molecule has 0 heterocycles. The van der Waals surface area contributed by atoms with Gasteiger partial charge in [-0.05, 0) is 25.0 Å². The molecule has 4 N–H and O–H groups in total. The van der Waals surface area contributed by atoms with Crippen LogP contribution in [-0.4, -0.2) is 17.6 Å². The second-order valence-corrected chi connectivity index (χ2v) is 3.22. The number of hydrogen-bond donors (Lipinski definition) is 4. The number of carbonyl (C=O) groups is 1. The number of nitrogens with one attached hydrogen (secondary N) is 3. The second-order valence-electron chi connectivity index (χ2n) is 3.22. The molecule has 0 spiro atoms. The van der Waals surface area contributed by atoms with E-state index in [2.05, 4.69) is 15.7 Å². The van der Waals surface area contributed by atoms with Gasteiger partial charge in [-0.15, -0.1) is 17.5 Å². The van der Waals surface area contributed by atoms with Gasteiger partial charge in [0.15, 0.2) is 0 Å². The topological polar surface area (TPSA) is 85.8 Å². The Hall–Kier alpha value is -1.79. The number of amides is 2. The minimum Gasteiger partial charge on any atom is -0.307 e. The monoisotopic (exact) mass is 258 g/mol. The normalized spacial score (nSPS) is 9.59. The average Bonchev–Trinajstić information content (AvgIpc) is 2.24. The molecule has 0 saturated heterocycles. The fourth-order valence-corrected chi connectivity index (χ4v) is 1.28. The van der Waals surface area contributed by atoms with Crippen LogP contribution in [0.5, 0.6) is 0 Å². The fourth-order valence-electron chi connectivity index (χ4n) is 1.28. The van der Waals surface area contributed by atoms with E-state index < -0.39 is 6.03 Å². The van der Waals surface area contributed by atoms with Gasteiger partial charge in [0, 0.05) is 5.69 Å². The van der Waals surface area contributed by atoms with Crippen molar-refractivity contribution in [2.75, 3.05) is 5.32 Å². The van der Waals surface area contributed by atoms with E-state index in [9.17, 15) is 4.79 Å². The molecule has 1 rings (SSSR count). The Kier molecular flexibility index (Phi) is 6.69. The summed E-state index contributed by atoms with van der Waals surface area (Å²) < 4.78 is 0. The fraction of sp³-hybridized carbons (Fsp3) is 0.200. The smallest absolute Gasteiger partial charge is 0.307 e. The summed E-state index contributed by atoms with van der Waals surface area (Å²) in [6.07, 6.45) is 1.04. The van der Waals surface area contributed by atoms with Crippen molar-refractivity contribution in [3.05, 3.63) is 29.3 Å². The number of para-hydroxylation sites is 1. The summed E-state index contributed by atoms with van der Waals surface area (Å²) in [5, 5.41) is 16.4. The molecule has 0 aromatic heterocycles. The predicted molar refractivity (Wildman–Crippen MR) is 68.7 cm³/mol. The summed E-state index contributed by atoms with van der Waals surface area (Å²) in [4.78, 5) is 11.4. The highest BCUT2D eigenvalue weighted by Crippen LogP contribution is 2.18. The first-order valence-corrected chi connectivity index (χ1v) is 4.69. The third-order valence-corrected chi connectivity index (χ3v) is 2.04. The number of carbonyl (C=O) groups excluding carboxylic acids is 1. The Bertz CT molecular complexity index is 389. The summed E-state index contributed by atoms with van der Waals surface area (Å²) in [7, 11) is 0. The van der Waals surface area contributed by atoms with Gasteiger partial charge in [-0.25, -0.2) is 4.79 Å². The largest absolute Gasteiger partial charge is 0.324 e. The molecular weight excluding hydrogens is 244 g/mol. The lowest BCUT2D eigenvalue weighted by Crippen LogP contribution is -2.28. The van der Waals surface area contributed by atoms with E-state index >= 15 is 0 Å². The van der Waals surface area contributed by atoms with Crippen molar-refractivity contribution in [2.45, 2.75) is 13.8 Å². The van der Waals surface area contributed by atoms with Crippen LogP contribution in [0.15, 0.2) is 23.3 Å². The summed E-state index contributed by atoms with van der Waals surface area (Å²) in [6, 6.07) is 5.32. The first-order valence-electron chi connectivity index (χ1n) is 4.69. The van der Waals surface area contributed by atoms with Gasteiger partial charge in [-0.2, -0.15) is 5.59 Å². The van der Waals surface area contributed by atoms with E-state index in [1.54, 1.807) is 0 Å². The number of hydrogen-bond acceptors (Lipinski definition) is 4. The summed E-state index contributed by atoms with van der Waals surface area (Å²) in [5.41, 5.74) is 4.26. The van der Waals surface area contributed by atoms with Crippen molar-refractivity contribution in [3.8, 4) is 0 Å². The van der Waals surface area contributed by atoms with Crippen molar-refractivity contribution in [3.63, 3.8) is 0 Å². The lowest BCUT2D eigenvalue weighted by Gasteiger charge is -2.10. The van der Waals surface area contributed by atoms with E-state index in [0.29, 0.717) is 0 Å². The van der Waals surface area contributed by atoms with Crippen LogP contribution < -0.4 is 16.2 Å². The van der Waals surface area contributed by atoms with Crippen molar-refractivity contribution >= 4 is 30.5 Å². The Balaban J connectivity index is 0.00000256. The number of benzene rings is 1. The van der Waals surface area contributed by atoms with Crippen LogP contribution in [0.4, 0.5) is 10.5 Å². The van der Waals surface area contributed by atoms with E-state index in [1.165, 1.54) is 5.59 Å². The summed E-state index contributed by atoms with van der Waals surface area (Å²) in [5.74, 6) is 0. The molecule has 0 aliphatic heterocycles. The molecule has 17 heavy (non-hydrogen) atoms. The number of urea groups is 1. The second kappa shape index (κ2) is 7.48. The third-order valence-electron chi connectivity index (χ3n) is 2.04. The van der Waals surface area contributed by atoms with Crippen LogP contribution in [0.3, 0.4) is 0 Å². The van der Waals surface area contributed by atoms with Crippen LogP contribution in [0.25, 0.3) is 0 Å². The zero-order chi connectivity index (χ0) is 12.0. The summed E-state index contributed by atoms with van der Waals surface area (Å²) in [6.45, 7) is 3.82. The zero-order valence-corrected chi connectivity index (χ0v) is 10.3. The molecule has 0 aliphatic rings. The van der Waals surface area contributed by atoms with E-state index in [-0.39, 0.29) is 12.4 Å². The quantitative estimate of drug-likeness (QED) is 0.379. The molecule has 6 nitrogen and oxygen atoms in total. The van der Waals surface area contributed by atoms with Gasteiger partial charge in [0.25, 0.3) is 0 Å². The molecule has 1 aromatic rings. The Morgan fingerprint density at radius 3 is 2.47 bits per heavy atom. The standard InChI is InChI=1S/C10H14N4O2.ClH/c1-7-4-3-5-8(2)9(7)13-10(15)11-6-12-14-16;/h3-6,14,16H,1-2H3,(H2,11,12,13,15);1H. The number of rotatable bonds is 3. The highest BCUT2D eigenvalue weighted by atomic mass is 35.5. The van der Waals surface area contributed by atoms with Crippen LogP contribution in [0.1, 0.15) is 11.1 Å². The molecule has 2 amide bonds. The van der Waals surface area contributed by atoms with Gasteiger partial charge in [-0.1, -0.05) is 18.2 Å². The van der Waals surface area contributed by atoms with Gasteiger partial charge in [0.2, 0.25) is 0 Å². The van der Waals surface area contributed by atoms with Crippen molar-refractivity contribution < 1.29 is 10.0 Å². The SMILES string of the molecule is Cc1cccc(C)c1NC(=O)NC=NNO.Cl. The molecule has 0 aliphatic carbocycles. The van der Waals surface area contributed by atoms with Gasteiger partial charge >= 0.3 is 6.03 Å². The minimum atomic E-state index is -0.420. The van der Waals surface area contributed by atoms with Crippen LogP contribution in [-0.2, 0) is 0 Å². The highest BCUT2D eigenvalue weighted by Gasteiger charge is 2.05. The first kappa shape index (κ1) is 15.2. The Morgan fingerprint density at radius 2 is 1.94 bits per heavy atom. The number of aryl methyl sites for hydroxylation is 2. The number of nitrogens with zero attached hydrogens (tertiary/aromatic N) is 1. The van der Waals surface area contributed by atoms with E-state index in [1.807, 2.05) is 32.0 Å². The Morgan fingerprint density at radius 1 is 1.35 bits per heavy atom. The third kappa shape index (κ3) is 4.71. The minimum absolute atomic E-state index is 0. The van der Waals surface area contributed by atoms with Crippen LogP contribution >= 0.6 is 12.4 Å². The Labute approximate surface area is 105 Å². The molecule has 0 radical (unpaired) electrons. The average molecular weight is 259 g/mol. The summed E-state index contributed by atoms with van der Waals surface area (Å²) >= 11 is 0. The van der Waals surface area contributed by atoms with E-state index in [0.717, 1.165) is 23.2 Å². The van der Waals surface area contributed by atoms with Gasteiger partial charge < -0.3 is 5.32 Å². The predicted octanol–water partition coefficient (Wildman–Crippen LogP) is 1.77. The molecule has 0 unspecified atom stereocenters. The highest BCUT2D eigenvalue weighted by molar-refractivity contribution is 5.97. The van der Waals surface area contributed by atoms with E-state index in [4.69, 9.17) is 5.21 Å². The van der Waals surface area contributed by atoms with Gasteiger partial charge in [0.05, 0.1) is 0 Å². The lowest BCUT2D eigenvalue weighted by atomic mass is 10.1. The van der Waals surface area contributed by atoms with Crippen molar-refractivity contribution in [1.29, 1.82) is 0 Å². The van der Waals surface area contributed by atoms with Gasteiger partial charge in [0.1, 0.15) is 6.34 Å². The maximum absolute atomic E-state index is 11.4. The van der Waals surface area contributed by atoms with Crippen molar-refractivity contribution in [1.82, 2.24) is 10.9 Å². The number of hydrazone groups is 1. The zero-order valence-electron chi connectivity index (χ0n) is 9.52. The lowest BCUT2D eigenvalue weighted by molar-refractivity contribution is 0.172. The molecule has 0 fully saturated rings. The maximum atomic E-state index is 11.4. The van der Waals surface area contributed by atoms with Gasteiger partial charge in [-0.3, -0.25) is 10.5 Å². The molecule has 7 heteroatoms. The molecule has 0 saturated carbocycles. The molecule has 94 valence electrons. The molecule has 0 atom stereocenters. The van der Waals surface area contributed by atoms with Crippen molar-refractivity contribution in [2.24, 2.45) is 5.10 Å². The first-order chi connectivity index (χ1) is 7.65. The molecular formula is C10H15ClN4O2. The molecule has 1 aromatic carbocycles. The number of anilines is 1. The van der Waals surface area contributed by atoms with Crippen LogP contribution in [0, 0.1) is 13.8 Å². The number of halogens is 1. The maximum Gasteiger partial charge on any atom is 0.324 e. The van der Waals surface area contributed by atoms with Crippen LogP contribution in [0.2, 0.25) is 0 Å². The molecule has 0 bridgehead atoms.